The van der Waals surface area contributed by atoms with Crippen molar-refractivity contribution in [2.45, 2.75) is 26.3 Å². The average Bonchev–Trinajstić information content (AvgIpc) is 2.47. The van der Waals surface area contributed by atoms with Crippen molar-refractivity contribution in [3.8, 4) is 0 Å². The quantitative estimate of drug-likeness (QED) is 0.656. The van der Waals surface area contributed by atoms with Crippen molar-refractivity contribution in [1.82, 2.24) is 14.8 Å². The first-order chi connectivity index (χ1) is 5.38. The van der Waals surface area contributed by atoms with Crippen LogP contribution in [0.4, 0.5) is 0 Å². The molecule has 0 aliphatic rings. The van der Waals surface area contributed by atoms with E-state index in [0.717, 1.165) is 19.4 Å². The third kappa shape index (κ3) is 1.86. The molecule has 0 bridgehead atoms. The van der Waals surface area contributed by atoms with Crippen LogP contribution in [-0.4, -0.2) is 21.0 Å². The highest BCUT2D eigenvalue weighted by molar-refractivity contribution is 5.71. The number of aryl methyl sites for hydroxylation is 1. The molecular formula is C7H12N4. The lowest BCUT2D eigenvalue weighted by Gasteiger charge is -1.99. The van der Waals surface area contributed by atoms with Crippen molar-refractivity contribution >= 4 is 6.21 Å². The minimum atomic E-state index is 0.637. The molecular weight excluding hydrogens is 140 g/mol. The first-order valence-corrected chi connectivity index (χ1v) is 3.76. The Morgan fingerprint density at radius 2 is 2.55 bits per heavy atom. The van der Waals surface area contributed by atoms with E-state index in [1.54, 1.807) is 6.33 Å². The summed E-state index contributed by atoms with van der Waals surface area (Å²) in [6.07, 6.45) is 5.15. The highest BCUT2D eigenvalue weighted by Gasteiger charge is 1.97. The van der Waals surface area contributed by atoms with Crippen LogP contribution in [0.25, 0.3) is 0 Å². The van der Waals surface area contributed by atoms with Crippen molar-refractivity contribution < 1.29 is 0 Å². The van der Waals surface area contributed by atoms with Crippen molar-refractivity contribution in [1.29, 1.82) is 5.41 Å². The maximum absolute atomic E-state index is 6.99. The molecule has 0 radical (unpaired) electrons. The summed E-state index contributed by atoms with van der Waals surface area (Å²) in [6.45, 7) is 3.04. The minimum absolute atomic E-state index is 0.637. The summed E-state index contributed by atoms with van der Waals surface area (Å²) in [5.74, 6) is 0.637. The maximum Gasteiger partial charge on any atom is 0.174 e. The van der Waals surface area contributed by atoms with Crippen molar-refractivity contribution in [3.63, 3.8) is 0 Å². The summed E-state index contributed by atoms with van der Waals surface area (Å²) < 4.78 is 1.89. The number of hydrogen-bond donors (Lipinski definition) is 1. The molecule has 1 heterocycles. The summed E-state index contributed by atoms with van der Waals surface area (Å²) in [6, 6.07) is 0. The number of nitrogens with zero attached hydrogens (tertiary/aromatic N) is 3. The zero-order valence-electron chi connectivity index (χ0n) is 6.62. The Kier molecular flexibility index (Phi) is 2.77. The molecule has 0 saturated carbocycles. The van der Waals surface area contributed by atoms with E-state index in [1.165, 1.54) is 6.21 Å². The molecule has 0 aliphatic carbocycles. The van der Waals surface area contributed by atoms with Gasteiger partial charge in [0.15, 0.2) is 5.82 Å². The van der Waals surface area contributed by atoms with Gasteiger partial charge in [-0.2, -0.15) is 0 Å². The van der Waals surface area contributed by atoms with Crippen molar-refractivity contribution in [3.05, 3.63) is 12.2 Å². The largest absolute Gasteiger partial charge is 0.313 e. The van der Waals surface area contributed by atoms with E-state index in [4.69, 9.17) is 5.41 Å². The molecule has 11 heavy (non-hydrogen) atoms. The molecule has 0 spiro atoms. The fourth-order valence-electron chi connectivity index (χ4n) is 0.876. The standard InChI is InChI=1S/C7H12N4/c1-2-3-4-11-6-9-10-7(11)5-8/h5-6,8H,2-4H2,1H3. The number of nitrogens with one attached hydrogen (secondary N) is 1. The smallest absolute Gasteiger partial charge is 0.174 e. The van der Waals surface area contributed by atoms with Gasteiger partial charge in [0.05, 0.1) is 6.21 Å². The van der Waals surface area contributed by atoms with Crippen LogP contribution in [0.1, 0.15) is 25.6 Å². The van der Waals surface area contributed by atoms with Crippen molar-refractivity contribution in [2.24, 2.45) is 0 Å². The molecule has 0 unspecified atom stereocenters. The lowest BCUT2D eigenvalue weighted by molar-refractivity contribution is 0.627. The van der Waals surface area contributed by atoms with Crippen LogP contribution >= 0.6 is 0 Å². The van der Waals surface area contributed by atoms with E-state index in [9.17, 15) is 0 Å². The topological polar surface area (TPSA) is 54.6 Å². The SMILES string of the molecule is CCCCn1cnnc1C=N. The average molecular weight is 152 g/mol. The van der Waals surface area contributed by atoms with Gasteiger partial charge in [-0.15, -0.1) is 10.2 Å². The third-order valence-corrected chi connectivity index (χ3v) is 1.53. The second-order valence-electron chi connectivity index (χ2n) is 2.38. The van der Waals surface area contributed by atoms with E-state index in [2.05, 4.69) is 17.1 Å². The van der Waals surface area contributed by atoms with Gasteiger partial charge in [-0.25, -0.2) is 0 Å². The number of rotatable bonds is 4. The predicted octanol–water partition coefficient (Wildman–Crippen LogP) is 1.08. The van der Waals surface area contributed by atoms with E-state index in [0.29, 0.717) is 5.82 Å². The Bertz CT molecular complexity index is 228. The third-order valence-electron chi connectivity index (χ3n) is 1.53. The highest BCUT2D eigenvalue weighted by Crippen LogP contribution is 1.95. The first kappa shape index (κ1) is 7.91. The highest BCUT2D eigenvalue weighted by atomic mass is 15.3. The zero-order valence-corrected chi connectivity index (χ0v) is 6.62. The zero-order chi connectivity index (χ0) is 8.10. The summed E-state index contributed by atoms with van der Waals surface area (Å²) in [5, 5.41) is 14.5. The lowest BCUT2D eigenvalue weighted by Crippen LogP contribution is -2.01. The molecule has 0 aliphatic heterocycles. The molecule has 1 N–H and O–H groups in total. The first-order valence-electron chi connectivity index (χ1n) is 3.76. The second-order valence-corrected chi connectivity index (χ2v) is 2.38. The molecule has 4 heteroatoms. The van der Waals surface area contributed by atoms with Gasteiger partial charge in [-0.3, -0.25) is 0 Å². The van der Waals surface area contributed by atoms with Gasteiger partial charge in [0.1, 0.15) is 6.33 Å². The summed E-state index contributed by atoms with van der Waals surface area (Å²) in [7, 11) is 0. The maximum atomic E-state index is 6.99. The lowest BCUT2D eigenvalue weighted by atomic mass is 10.3. The van der Waals surface area contributed by atoms with Crippen LogP contribution in [-0.2, 0) is 6.54 Å². The minimum Gasteiger partial charge on any atom is -0.313 e. The van der Waals surface area contributed by atoms with Crippen molar-refractivity contribution in [2.75, 3.05) is 0 Å². The molecule has 0 aromatic carbocycles. The van der Waals surface area contributed by atoms with Gasteiger partial charge in [0.2, 0.25) is 0 Å². The fourth-order valence-corrected chi connectivity index (χ4v) is 0.876. The normalized spacial score (nSPS) is 9.91. The molecule has 1 aromatic heterocycles. The summed E-state index contributed by atoms with van der Waals surface area (Å²) >= 11 is 0. The van der Waals surface area contributed by atoms with E-state index >= 15 is 0 Å². The molecule has 0 atom stereocenters. The predicted molar refractivity (Wildman–Crippen MR) is 42.8 cm³/mol. The van der Waals surface area contributed by atoms with Crippen LogP contribution < -0.4 is 0 Å². The van der Waals surface area contributed by atoms with Crippen LogP contribution in [0.5, 0.6) is 0 Å². The monoisotopic (exact) mass is 152 g/mol. The van der Waals surface area contributed by atoms with Crippen LogP contribution in [0.15, 0.2) is 6.33 Å². The van der Waals surface area contributed by atoms with Gasteiger partial charge >= 0.3 is 0 Å². The molecule has 60 valence electrons. The Labute approximate surface area is 65.8 Å². The Morgan fingerprint density at radius 1 is 1.73 bits per heavy atom. The van der Waals surface area contributed by atoms with Gasteiger partial charge in [0, 0.05) is 6.54 Å². The van der Waals surface area contributed by atoms with E-state index in [1.807, 2.05) is 4.57 Å². The van der Waals surface area contributed by atoms with Gasteiger partial charge in [0.25, 0.3) is 0 Å². The molecule has 1 aromatic rings. The Morgan fingerprint density at radius 3 is 3.18 bits per heavy atom. The van der Waals surface area contributed by atoms with Crippen LogP contribution in [0.2, 0.25) is 0 Å². The number of unbranched alkanes of at least 4 members (excludes halogenated alkanes) is 1. The van der Waals surface area contributed by atoms with Gasteiger partial charge in [-0.05, 0) is 6.42 Å². The van der Waals surface area contributed by atoms with E-state index in [-0.39, 0.29) is 0 Å². The molecule has 0 amide bonds. The molecule has 0 saturated heterocycles. The summed E-state index contributed by atoms with van der Waals surface area (Å²) in [4.78, 5) is 0. The number of aromatic nitrogens is 3. The Hall–Kier alpha value is -1.19. The second kappa shape index (κ2) is 3.85. The molecule has 1 rings (SSSR count). The number of hydrogen-bond acceptors (Lipinski definition) is 3. The summed E-state index contributed by atoms with van der Waals surface area (Å²) in [5.41, 5.74) is 0. The van der Waals surface area contributed by atoms with Gasteiger partial charge in [-0.1, -0.05) is 13.3 Å². The van der Waals surface area contributed by atoms with Crippen LogP contribution in [0.3, 0.4) is 0 Å². The fraction of sp³-hybridized carbons (Fsp3) is 0.571. The van der Waals surface area contributed by atoms with E-state index < -0.39 is 0 Å². The Balaban J connectivity index is 2.61. The molecule has 4 nitrogen and oxygen atoms in total. The van der Waals surface area contributed by atoms with Gasteiger partial charge < -0.3 is 9.98 Å². The van der Waals surface area contributed by atoms with Crippen LogP contribution in [0, 0.1) is 5.41 Å². The molecule has 0 fully saturated rings.